The Balaban J connectivity index is 1.34. The largest absolute Gasteiger partial charge is 0.325 e. The summed E-state index contributed by atoms with van der Waals surface area (Å²) in [7, 11) is -4.05. The number of hydrogen-bond donors (Lipinski definition) is 2. The Labute approximate surface area is 238 Å². The van der Waals surface area contributed by atoms with Gasteiger partial charge in [0.25, 0.3) is 10.0 Å². The van der Waals surface area contributed by atoms with Gasteiger partial charge in [-0.25, -0.2) is 12.8 Å². The maximum Gasteiger partial charge on any atom is 0.261 e. The molecule has 1 amide bonds. The van der Waals surface area contributed by atoms with Gasteiger partial charge in [-0.1, -0.05) is 48.5 Å². The van der Waals surface area contributed by atoms with E-state index in [1.165, 1.54) is 36.6 Å². The number of fused-ring (bicyclic) bond motifs is 1. The molecule has 0 aromatic heterocycles. The van der Waals surface area contributed by atoms with Gasteiger partial charge in [0.2, 0.25) is 5.91 Å². The first-order chi connectivity index (χ1) is 19.9. The molecule has 6 rings (SSSR count). The molecule has 1 fully saturated rings. The molecule has 9 heteroatoms. The molecule has 0 radical (unpaired) electrons. The molecule has 4 aromatic carbocycles. The number of benzene rings is 4. The summed E-state index contributed by atoms with van der Waals surface area (Å²) in [6, 6.07) is 27.2. The molecule has 2 N–H and O–H groups in total. The molecular weight excluding hydrogens is 539 g/mol. The fourth-order valence-electron chi connectivity index (χ4n) is 5.36. The van der Waals surface area contributed by atoms with Crippen molar-refractivity contribution in [3.8, 4) is 0 Å². The molecule has 0 spiro atoms. The van der Waals surface area contributed by atoms with Crippen molar-refractivity contribution in [2.75, 3.05) is 23.1 Å². The van der Waals surface area contributed by atoms with E-state index in [2.05, 4.69) is 27.1 Å². The highest BCUT2D eigenvalue weighted by Crippen LogP contribution is 2.38. The molecule has 2 aliphatic rings. The van der Waals surface area contributed by atoms with Crippen LogP contribution in [0, 0.1) is 5.82 Å². The van der Waals surface area contributed by atoms with E-state index in [1.807, 2.05) is 42.5 Å². The number of rotatable bonds is 8. The Kier molecular flexibility index (Phi) is 7.38. The highest BCUT2D eigenvalue weighted by Gasteiger charge is 2.36. The van der Waals surface area contributed by atoms with Gasteiger partial charge in [-0.05, 0) is 91.2 Å². The third-order valence-corrected chi connectivity index (χ3v) is 8.75. The second-order valence-electron chi connectivity index (χ2n) is 10.3. The number of hydrogen-bond acceptors (Lipinski definition) is 5. The molecule has 4 aromatic rings. The Morgan fingerprint density at radius 1 is 0.927 bits per heavy atom. The molecule has 2 aliphatic heterocycles. The topological polar surface area (TPSA) is 90.9 Å². The smallest absolute Gasteiger partial charge is 0.261 e. The van der Waals surface area contributed by atoms with Crippen LogP contribution in [0.25, 0.3) is 0 Å². The molecule has 41 heavy (non-hydrogen) atoms. The monoisotopic (exact) mass is 568 g/mol. The van der Waals surface area contributed by atoms with E-state index in [-0.39, 0.29) is 16.5 Å². The fourth-order valence-corrected chi connectivity index (χ4v) is 6.44. The minimum Gasteiger partial charge on any atom is -0.325 e. The molecule has 2 heterocycles. The van der Waals surface area contributed by atoms with Gasteiger partial charge < -0.3 is 5.32 Å². The summed E-state index contributed by atoms with van der Waals surface area (Å²) >= 11 is 0. The minimum atomic E-state index is -4.05. The second-order valence-corrected chi connectivity index (χ2v) is 12.0. The number of aliphatic imine (C=N–C) groups is 1. The van der Waals surface area contributed by atoms with Crippen LogP contribution < -0.4 is 10.0 Å². The Morgan fingerprint density at radius 3 is 2.41 bits per heavy atom. The third kappa shape index (κ3) is 5.91. The van der Waals surface area contributed by atoms with E-state index < -0.39 is 21.8 Å². The minimum absolute atomic E-state index is 0.191. The summed E-state index contributed by atoms with van der Waals surface area (Å²) in [5.41, 5.74) is 4.71. The van der Waals surface area contributed by atoms with Crippen LogP contribution >= 0.6 is 0 Å². The van der Waals surface area contributed by atoms with Gasteiger partial charge in [0, 0.05) is 17.9 Å². The van der Waals surface area contributed by atoms with E-state index in [0.29, 0.717) is 17.0 Å². The van der Waals surface area contributed by atoms with Crippen LogP contribution in [0.5, 0.6) is 0 Å². The van der Waals surface area contributed by atoms with Crippen LogP contribution in [0.15, 0.2) is 107 Å². The van der Waals surface area contributed by atoms with Gasteiger partial charge in [-0.15, -0.1) is 0 Å². The maximum absolute atomic E-state index is 13.7. The van der Waals surface area contributed by atoms with Crippen LogP contribution in [0.2, 0.25) is 0 Å². The van der Waals surface area contributed by atoms with Crippen LogP contribution in [-0.4, -0.2) is 38.0 Å². The number of carbonyl (C=O) groups excluding carboxylic acids is 1. The first-order valence-electron chi connectivity index (χ1n) is 13.5. The number of amides is 1. The van der Waals surface area contributed by atoms with Crippen molar-refractivity contribution in [2.45, 2.75) is 30.2 Å². The normalized spacial score (nSPS) is 17.3. The van der Waals surface area contributed by atoms with Gasteiger partial charge in [0.1, 0.15) is 11.7 Å². The summed E-state index contributed by atoms with van der Waals surface area (Å²) in [5.74, 6) is -1.67. The summed E-state index contributed by atoms with van der Waals surface area (Å²) in [6.45, 7) is 3.14. The molecule has 0 bridgehead atoms. The lowest BCUT2D eigenvalue weighted by molar-refractivity contribution is -0.115. The van der Waals surface area contributed by atoms with E-state index >= 15 is 0 Å². The van der Waals surface area contributed by atoms with Crippen molar-refractivity contribution in [1.82, 2.24) is 4.90 Å². The lowest BCUT2D eigenvalue weighted by Gasteiger charge is -2.16. The first-order valence-corrected chi connectivity index (χ1v) is 15.0. The number of nitrogens with one attached hydrogen (secondary N) is 2. The molecule has 0 aliphatic carbocycles. The fraction of sp³-hybridized carbons (Fsp3) is 0.188. The van der Waals surface area contributed by atoms with Gasteiger partial charge in [-0.2, -0.15) is 0 Å². The number of anilines is 2. The number of carbonyl (C=O) groups is 1. The lowest BCUT2D eigenvalue weighted by atomic mass is 9.90. The maximum atomic E-state index is 13.7. The van der Waals surface area contributed by atoms with Crippen LogP contribution in [0.3, 0.4) is 0 Å². The quantitative estimate of drug-likeness (QED) is 0.252. The molecule has 1 unspecified atom stereocenters. The number of nitrogens with zero attached hydrogens (tertiary/aromatic N) is 2. The molecule has 0 saturated carbocycles. The molecular formula is C32H29FN4O3S. The van der Waals surface area contributed by atoms with Gasteiger partial charge in [0.15, 0.2) is 0 Å². The SMILES string of the molecule is O=C1Nc2ccc(NS(=O)(=O)c3cccc(F)c3)cc2C1C(=Nc1ccc(CN2CCCC2)cc1)c1ccccc1. The number of halogens is 1. The predicted molar refractivity (Wildman–Crippen MR) is 159 cm³/mol. The summed E-state index contributed by atoms with van der Waals surface area (Å²) in [5, 5.41) is 2.91. The van der Waals surface area contributed by atoms with Crippen molar-refractivity contribution >= 4 is 38.7 Å². The summed E-state index contributed by atoms with van der Waals surface area (Å²) in [4.78, 5) is 20.6. The average molecular weight is 569 g/mol. The van der Waals surface area contributed by atoms with E-state index in [1.54, 1.807) is 18.2 Å². The van der Waals surface area contributed by atoms with Gasteiger partial charge in [0.05, 0.1) is 16.3 Å². The lowest BCUT2D eigenvalue weighted by Crippen LogP contribution is -2.22. The predicted octanol–water partition coefficient (Wildman–Crippen LogP) is 6.08. The van der Waals surface area contributed by atoms with E-state index in [0.717, 1.165) is 37.0 Å². The van der Waals surface area contributed by atoms with Crippen molar-refractivity contribution in [3.05, 3.63) is 120 Å². The molecule has 7 nitrogen and oxygen atoms in total. The highest BCUT2D eigenvalue weighted by atomic mass is 32.2. The Bertz CT molecular complexity index is 1720. The zero-order chi connectivity index (χ0) is 28.4. The van der Waals surface area contributed by atoms with Crippen molar-refractivity contribution in [1.29, 1.82) is 0 Å². The second kappa shape index (κ2) is 11.3. The summed E-state index contributed by atoms with van der Waals surface area (Å²) < 4.78 is 42.1. The molecule has 1 atom stereocenters. The Morgan fingerprint density at radius 2 is 1.68 bits per heavy atom. The number of likely N-dealkylation sites (tertiary alicyclic amines) is 1. The van der Waals surface area contributed by atoms with E-state index in [9.17, 15) is 17.6 Å². The number of sulfonamides is 1. The van der Waals surface area contributed by atoms with Crippen molar-refractivity contribution in [2.24, 2.45) is 4.99 Å². The summed E-state index contributed by atoms with van der Waals surface area (Å²) in [6.07, 6.45) is 2.48. The van der Waals surface area contributed by atoms with Gasteiger partial charge >= 0.3 is 0 Å². The standard InChI is InChI=1S/C32H29FN4O3S/c33-24-9-6-10-27(19-24)41(39,40)36-26-15-16-29-28(20-26)30(32(38)35-29)31(23-7-2-1-3-8-23)34-25-13-11-22(12-14-25)21-37-17-4-5-18-37/h1-3,6-16,19-20,30,36H,4-5,17-18,21H2,(H,35,38). The van der Waals surface area contributed by atoms with Gasteiger partial charge in [-0.3, -0.25) is 19.4 Å². The first kappa shape index (κ1) is 26.9. The molecule has 1 saturated heterocycles. The van der Waals surface area contributed by atoms with E-state index in [4.69, 9.17) is 4.99 Å². The van der Waals surface area contributed by atoms with Crippen molar-refractivity contribution in [3.63, 3.8) is 0 Å². The molecule has 208 valence electrons. The van der Waals surface area contributed by atoms with Crippen LogP contribution in [-0.2, 0) is 21.4 Å². The van der Waals surface area contributed by atoms with Crippen LogP contribution in [0.4, 0.5) is 21.5 Å². The third-order valence-electron chi connectivity index (χ3n) is 7.37. The van der Waals surface area contributed by atoms with Crippen LogP contribution in [0.1, 0.15) is 35.4 Å². The van der Waals surface area contributed by atoms with Crippen molar-refractivity contribution < 1.29 is 17.6 Å². The zero-order valence-corrected chi connectivity index (χ0v) is 23.1. The Hall–Kier alpha value is -4.34. The average Bonchev–Trinajstić information content (AvgIpc) is 3.60. The zero-order valence-electron chi connectivity index (χ0n) is 22.3. The highest BCUT2D eigenvalue weighted by molar-refractivity contribution is 7.92.